The number of carbonyl (C=O) groups is 2. The Bertz CT molecular complexity index is 894. The van der Waals surface area contributed by atoms with Gasteiger partial charge in [0.15, 0.2) is 6.17 Å². The van der Waals surface area contributed by atoms with E-state index in [9.17, 15) is 22.8 Å². The second-order valence-electron chi connectivity index (χ2n) is 11.4. The monoisotopic (exact) mass is 597 g/mol. The van der Waals surface area contributed by atoms with Crippen molar-refractivity contribution in [2.75, 3.05) is 39.8 Å². The van der Waals surface area contributed by atoms with Crippen molar-refractivity contribution >= 4 is 35.2 Å². The molecule has 0 bridgehead atoms. The van der Waals surface area contributed by atoms with Crippen molar-refractivity contribution < 1.29 is 27.5 Å². The van der Waals surface area contributed by atoms with Crippen molar-refractivity contribution in [2.24, 2.45) is 17.8 Å². The first kappa shape index (κ1) is 29.6. The third-order valence-electron chi connectivity index (χ3n) is 8.82. The minimum Gasteiger partial charge on any atom is -0.380 e. The number of halogens is 4. The lowest BCUT2D eigenvalue weighted by Gasteiger charge is -2.45. The number of thioether (sulfide) groups is 1. The van der Waals surface area contributed by atoms with Gasteiger partial charge in [-0.3, -0.25) is 30.9 Å². The van der Waals surface area contributed by atoms with Crippen molar-refractivity contribution in [2.45, 2.75) is 79.0 Å². The summed E-state index contributed by atoms with van der Waals surface area (Å²) < 4.78 is 45.1. The largest absolute Gasteiger partial charge is 0.417 e. The zero-order valence-electron chi connectivity index (χ0n) is 22.1. The zero-order valence-corrected chi connectivity index (χ0v) is 23.7. The Hall–Kier alpha value is -0.870. The molecule has 222 valence electrons. The summed E-state index contributed by atoms with van der Waals surface area (Å²) in [4.78, 5) is 28.2. The van der Waals surface area contributed by atoms with Crippen LogP contribution in [0.4, 0.5) is 13.2 Å². The first-order valence-electron chi connectivity index (χ1n) is 13.7. The van der Waals surface area contributed by atoms with Gasteiger partial charge in [0.1, 0.15) is 5.50 Å². The average Bonchev–Trinajstić information content (AvgIpc) is 3.46. The number of carbonyl (C=O) groups excluding carboxylic acids is 2. The number of methoxy groups -OCH3 is 1. The highest BCUT2D eigenvalue weighted by atomic mass is 35.5. The van der Waals surface area contributed by atoms with Crippen LogP contribution < -0.4 is 31.9 Å². The van der Waals surface area contributed by atoms with E-state index in [4.69, 9.17) is 16.3 Å². The topological polar surface area (TPSA) is 119 Å². The van der Waals surface area contributed by atoms with Crippen molar-refractivity contribution in [1.29, 1.82) is 0 Å². The molecule has 0 spiro atoms. The van der Waals surface area contributed by atoms with E-state index in [0.717, 1.165) is 12.8 Å². The average molecular weight is 598 g/mol. The van der Waals surface area contributed by atoms with Gasteiger partial charge in [-0.15, -0.1) is 23.4 Å². The molecule has 0 aromatic rings. The number of ether oxygens (including phenoxy) is 1. The Morgan fingerprint density at radius 2 is 1.87 bits per heavy atom. The third-order valence-corrected chi connectivity index (χ3v) is 10.5. The number of hydrogen-bond donors (Lipinski definition) is 6. The minimum absolute atomic E-state index is 0.00620. The zero-order chi connectivity index (χ0) is 27.9. The lowest BCUT2D eigenvalue weighted by molar-refractivity contribution is -0.171. The fraction of sp³-hybridized carbons (Fsp3) is 0.917. The molecule has 39 heavy (non-hydrogen) atoms. The number of nitrogens with one attached hydrogen (secondary N) is 6. The molecule has 5 aliphatic heterocycles. The van der Waals surface area contributed by atoms with Gasteiger partial charge in [-0.25, -0.2) is 0 Å². The predicted octanol–water partition coefficient (Wildman–Crippen LogP) is -0.0545. The fourth-order valence-corrected chi connectivity index (χ4v) is 8.49. The highest BCUT2D eigenvalue weighted by Crippen LogP contribution is 2.38. The van der Waals surface area contributed by atoms with Gasteiger partial charge in [0.05, 0.1) is 23.6 Å². The molecule has 10 nitrogen and oxygen atoms in total. The molecule has 0 aromatic heterocycles. The standard InChI is InChI=1S/C24H39ClF3N7O3S/c1-11-5-12(13-6-19(25)31-8-17(13)38-2)14(7-30-11)20(36)34-23-33-16-9-35(10-18(16)39-23)21(37)15-3-4-29-22(32-15)24(26,27)28/h11-19,22-23,29-33H,3-10H2,1-2H3,(H,34,36). The molecule has 5 heterocycles. The Balaban J connectivity index is 1.15. The van der Waals surface area contributed by atoms with Crippen LogP contribution in [0.25, 0.3) is 0 Å². The molecule has 11 atom stereocenters. The summed E-state index contributed by atoms with van der Waals surface area (Å²) in [6, 6.07) is -0.610. The van der Waals surface area contributed by atoms with Crippen LogP contribution in [0.5, 0.6) is 0 Å². The molecule has 0 saturated carbocycles. The number of likely N-dealkylation sites (tertiary alicyclic amines) is 1. The summed E-state index contributed by atoms with van der Waals surface area (Å²) in [6.45, 7) is 4.33. The van der Waals surface area contributed by atoms with Crippen LogP contribution in [-0.2, 0) is 14.3 Å². The number of nitrogens with zero attached hydrogens (tertiary/aromatic N) is 1. The lowest BCUT2D eigenvalue weighted by Crippen LogP contribution is -2.64. The normalized spacial score (nSPS) is 43.2. The van der Waals surface area contributed by atoms with E-state index < -0.39 is 18.4 Å². The molecule has 0 aromatic carbocycles. The Kier molecular flexibility index (Phi) is 9.24. The smallest absolute Gasteiger partial charge is 0.380 e. The Morgan fingerprint density at radius 3 is 2.59 bits per heavy atom. The van der Waals surface area contributed by atoms with Crippen LogP contribution in [0.3, 0.4) is 0 Å². The summed E-state index contributed by atoms with van der Waals surface area (Å²) in [5, 5.41) is 18.1. The van der Waals surface area contributed by atoms with Gasteiger partial charge in [0.2, 0.25) is 11.8 Å². The number of amides is 2. The van der Waals surface area contributed by atoms with E-state index in [1.807, 2.05) is 0 Å². The number of alkyl halides is 4. The van der Waals surface area contributed by atoms with E-state index in [-0.39, 0.29) is 64.5 Å². The van der Waals surface area contributed by atoms with E-state index in [2.05, 4.69) is 38.8 Å². The molecule has 15 heteroatoms. The van der Waals surface area contributed by atoms with Gasteiger partial charge in [-0.2, -0.15) is 13.2 Å². The summed E-state index contributed by atoms with van der Waals surface area (Å²) in [6.07, 6.45) is -4.45. The number of fused-ring (bicyclic) bond motifs is 1. The van der Waals surface area contributed by atoms with E-state index in [0.29, 0.717) is 38.6 Å². The van der Waals surface area contributed by atoms with Gasteiger partial charge in [0.25, 0.3) is 0 Å². The first-order valence-corrected chi connectivity index (χ1v) is 15.1. The Morgan fingerprint density at radius 1 is 1.08 bits per heavy atom. The van der Waals surface area contributed by atoms with Crippen LogP contribution in [0.1, 0.15) is 26.2 Å². The van der Waals surface area contributed by atoms with Crippen LogP contribution in [-0.4, -0.2) is 109 Å². The van der Waals surface area contributed by atoms with Crippen molar-refractivity contribution in [3.05, 3.63) is 0 Å². The second kappa shape index (κ2) is 12.2. The molecule has 0 aliphatic carbocycles. The van der Waals surface area contributed by atoms with E-state index in [1.165, 1.54) is 0 Å². The van der Waals surface area contributed by atoms with Gasteiger partial charge in [-0.1, -0.05) is 0 Å². The van der Waals surface area contributed by atoms with Crippen molar-refractivity contribution in [3.63, 3.8) is 0 Å². The molecule has 6 N–H and O–H groups in total. The molecular formula is C24H39ClF3N7O3S. The highest BCUT2D eigenvalue weighted by molar-refractivity contribution is 8.00. The van der Waals surface area contributed by atoms with Gasteiger partial charge < -0.3 is 20.3 Å². The number of hydrogen-bond acceptors (Lipinski definition) is 9. The second-order valence-corrected chi connectivity index (χ2v) is 13.3. The van der Waals surface area contributed by atoms with Crippen LogP contribution >= 0.6 is 23.4 Å². The summed E-state index contributed by atoms with van der Waals surface area (Å²) >= 11 is 8.00. The minimum atomic E-state index is -4.46. The number of rotatable bonds is 5. The maximum Gasteiger partial charge on any atom is 0.417 e. The van der Waals surface area contributed by atoms with Crippen molar-refractivity contribution in [3.8, 4) is 0 Å². The van der Waals surface area contributed by atoms with Crippen LogP contribution in [0, 0.1) is 17.8 Å². The molecule has 5 aliphatic rings. The molecule has 11 unspecified atom stereocenters. The summed E-state index contributed by atoms with van der Waals surface area (Å²) in [5.74, 6) is -0.247. The van der Waals surface area contributed by atoms with Gasteiger partial charge in [0, 0.05) is 50.6 Å². The van der Waals surface area contributed by atoms with Crippen LogP contribution in [0.15, 0.2) is 0 Å². The quantitative estimate of drug-likeness (QED) is 0.191. The molecule has 5 rings (SSSR count). The van der Waals surface area contributed by atoms with Gasteiger partial charge in [-0.05, 0) is 44.6 Å². The lowest BCUT2D eigenvalue weighted by atomic mass is 9.70. The maximum atomic E-state index is 13.5. The predicted molar refractivity (Wildman–Crippen MR) is 142 cm³/mol. The molecule has 5 fully saturated rings. The SMILES string of the molecule is COC1CNC(Cl)CC1C1CC(C)NCC1C(=O)NC1NC2CN(C(=O)C3CCNC(C(F)(F)F)N3)CC2S1. The maximum absolute atomic E-state index is 13.5. The fourth-order valence-electron chi connectivity index (χ4n) is 6.79. The van der Waals surface area contributed by atoms with E-state index >= 15 is 0 Å². The highest BCUT2D eigenvalue weighted by Gasteiger charge is 2.49. The molecule has 2 amide bonds. The Labute approximate surface area is 236 Å². The molecule has 0 radical (unpaired) electrons. The third kappa shape index (κ3) is 6.63. The molecular weight excluding hydrogens is 559 g/mol. The van der Waals surface area contributed by atoms with Crippen molar-refractivity contribution in [1.82, 2.24) is 36.8 Å². The first-order chi connectivity index (χ1) is 18.5. The molecule has 5 saturated heterocycles. The van der Waals surface area contributed by atoms with E-state index in [1.54, 1.807) is 23.8 Å². The number of piperidine rings is 2. The summed E-state index contributed by atoms with van der Waals surface area (Å²) in [7, 11) is 1.70. The summed E-state index contributed by atoms with van der Waals surface area (Å²) in [5.41, 5.74) is -0.435. The van der Waals surface area contributed by atoms with Gasteiger partial charge >= 0.3 is 6.18 Å². The van der Waals surface area contributed by atoms with Crippen LogP contribution in [0.2, 0.25) is 0 Å².